The molecule has 4 rings (SSSR count). The number of likely N-dealkylation sites (N-methyl/N-ethyl adjacent to an activating group) is 1. The number of amides is 2. The van der Waals surface area contributed by atoms with E-state index < -0.39 is 22.2 Å². The molecule has 10 nitrogen and oxygen atoms in total. The van der Waals surface area contributed by atoms with Crippen molar-refractivity contribution >= 4 is 27.5 Å². The van der Waals surface area contributed by atoms with Crippen LogP contribution in [0, 0.1) is 5.92 Å². The molecule has 1 aliphatic heterocycles. The lowest BCUT2D eigenvalue weighted by molar-refractivity contribution is -0.00834. The number of carbonyl (C=O) groups is 2. The molecule has 0 saturated heterocycles. The van der Waals surface area contributed by atoms with Gasteiger partial charge in [-0.1, -0.05) is 43.3 Å². The largest absolute Gasteiger partial charge is 0.490 e. The zero-order chi connectivity index (χ0) is 33.3. The van der Waals surface area contributed by atoms with Crippen molar-refractivity contribution in [3.05, 3.63) is 90.0 Å². The molecule has 0 unspecified atom stereocenters. The Kier molecular flexibility index (Phi) is 12.3. The van der Waals surface area contributed by atoms with E-state index in [-0.39, 0.29) is 54.0 Å². The Balaban J connectivity index is 1.65. The minimum absolute atomic E-state index is 0.0830. The standard InChI is InChI=1S/C35H45N3O7S/c1-25-22-38(26(2)24-39)35(41)31-21-29(36-34(40)28-14-7-5-8-15-28)18-19-32(31)45-27(3)13-11-12-20-44-33(25)23-37(4)46(42,43)30-16-9-6-10-17-30/h5-10,14-19,21,25-27,33,39H,11-13,20,22-24H2,1-4H3,(H,36,40)/t25-,26-,27+,33-/m1/s1. The summed E-state index contributed by atoms with van der Waals surface area (Å²) in [6.45, 7) is 6.00. The van der Waals surface area contributed by atoms with Gasteiger partial charge >= 0.3 is 0 Å². The number of aliphatic hydroxyl groups excluding tert-OH is 1. The molecule has 3 aromatic carbocycles. The Morgan fingerprint density at radius 1 is 1.04 bits per heavy atom. The normalized spacial score (nSPS) is 20.7. The number of rotatable bonds is 8. The molecule has 0 spiro atoms. The molecule has 2 amide bonds. The predicted molar refractivity (Wildman–Crippen MR) is 178 cm³/mol. The summed E-state index contributed by atoms with van der Waals surface area (Å²) in [6.07, 6.45) is 1.53. The van der Waals surface area contributed by atoms with Gasteiger partial charge in [-0.3, -0.25) is 9.59 Å². The predicted octanol–water partition coefficient (Wildman–Crippen LogP) is 5.06. The molecular formula is C35H45N3O7S. The van der Waals surface area contributed by atoms with E-state index >= 15 is 0 Å². The highest BCUT2D eigenvalue weighted by atomic mass is 32.2. The van der Waals surface area contributed by atoms with E-state index in [9.17, 15) is 23.1 Å². The first-order chi connectivity index (χ1) is 22.0. The summed E-state index contributed by atoms with van der Waals surface area (Å²) in [6, 6.07) is 21.5. The number of ether oxygens (including phenoxy) is 2. The highest BCUT2D eigenvalue weighted by Gasteiger charge is 2.32. The minimum Gasteiger partial charge on any atom is -0.490 e. The number of nitrogens with zero attached hydrogens (tertiary/aromatic N) is 2. The molecular weight excluding hydrogens is 606 g/mol. The molecule has 4 atom stereocenters. The number of carbonyl (C=O) groups excluding carboxylic acids is 2. The van der Waals surface area contributed by atoms with Gasteiger partial charge in [0, 0.05) is 43.9 Å². The van der Waals surface area contributed by atoms with Crippen molar-refractivity contribution in [2.75, 3.05) is 38.7 Å². The highest BCUT2D eigenvalue weighted by molar-refractivity contribution is 7.89. The number of sulfonamides is 1. The lowest BCUT2D eigenvalue weighted by Gasteiger charge is -2.35. The van der Waals surface area contributed by atoms with Gasteiger partial charge in [-0.05, 0) is 75.6 Å². The number of aliphatic hydroxyl groups is 1. The van der Waals surface area contributed by atoms with E-state index in [1.165, 1.54) is 11.4 Å². The quantitative estimate of drug-likeness (QED) is 0.349. The van der Waals surface area contributed by atoms with E-state index in [4.69, 9.17) is 9.47 Å². The van der Waals surface area contributed by atoms with Crippen LogP contribution in [0.4, 0.5) is 5.69 Å². The Hall–Kier alpha value is -3.77. The van der Waals surface area contributed by atoms with Crippen molar-refractivity contribution in [3.8, 4) is 5.75 Å². The molecule has 11 heteroatoms. The van der Waals surface area contributed by atoms with Crippen molar-refractivity contribution in [2.45, 2.75) is 63.2 Å². The van der Waals surface area contributed by atoms with E-state index in [1.807, 2.05) is 19.9 Å². The molecule has 0 fully saturated rings. The molecule has 1 aliphatic rings. The maximum absolute atomic E-state index is 14.3. The van der Waals surface area contributed by atoms with Crippen LogP contribution in [0.3, 0.4) is 0 Å². The molecule has 46 heavy (non-hydrogen) atoms. The van der Waals surface area contributed by atoms with Crippen LogP contribution in [0.25, 0.3) is 0 Å². The van der Waals surface area contributed by atoms with E-state index in [2.05, 4.69) is 5.32 Å². The summed E-state index contributed by atoms with van der Waals surface area (Å²) >= 11 is 0. The van der Waals surface area contributed by atoms with Gasteiger partial charge in [-0.2, -0.15) is 4.31 Å². The molecule has 0 saturated carbocycles. The zero-order valence-corrected chi connectivity index (χ0v) is 27.8. The maximum atomic E-state index is 14.3. The number of nitrogens with one attached hydrogen (secondary N) is 1. The van der Waals surface area contributed by atoms with Crippen molar-refractivity contribution in [2.24, 2.45) is 5.92 Å². The first-order valence-corrected chi connectivity index (χ1v) is 17.2. The van der Waals surface area contributed by atoms with Crippen LogP contribution in [0.2, 0.25) is 0 Å². The summed E-state index contributed by atoms with van der Waals surface area (Å²) in [7, 11) is -2.24. The monoisotopic (exact) mass is 651 g/mol. The SMILES string of the molecule is C[C@@H]1CN([C@H](C)CO)C(=O)c2cc(NC(=O)c3ccccc3)ccc2O[C@@H](C)CCCCO[C@@H]1CN(C)S(=O)(=O)c1ccccc1. The molecule has 2 N–H and O–H groups in total. The summed E-state index contributed by atoms with van der Waals surface area (Å²) < 4.78 is 40.6. The summed E-state index contributed by atoms with van der Waals surface area (Å²) in [5.74, 6) is -0.616. The van der Waals surface area contributed by atoms with Crippen LogP contribution < -0.4 is 10.1 Å². The maximum Gasteiger partial charge on any atom is 0.258 e. The Morgan fingerprint density at radius 3 is 2.39 bits per heavy atom. The Morgan fingerprint density at radius 2 is 1.72 bits per heavy atom. The van der Waals surface area contributed by atoms with Gasteiger partial charge in [0.1, 0.15) is 5.75 Å². The Bertz CT molecular complexity index is 1550. The number of anilines is 1. The van der Waals surface area contributed by atoms with Crippen molar-refractivity contribution in [1.82, 2.24) is 9.21 Å². The van der Waals surface area contributed by atoms with Gasteiger partial charge in [0.2, 0.25) is 10.0 Å². The van der Waals surface area contributed by atoms with Crippen molar-refractivity contribution < 1.29 is 32.6 Å². The van der Waals surface area contributed by atoms with Crippen LogP contribution in [-0.4, -0.2) is 86.1 Å². The molecule has 0 bridgehead atoms. The summed E-state index contributed by atoms with van der Waals surface area (Å²) in [5, 5.41) is 13.1. The van der Waals surface area contributed by atoms with Gasteiger partial charge in [0.05, 0.1) is 35.3 Å². The first-order valence-electron chi connectivity index (χ1n) is 15.7. The fraction of sp³-hybridized carbons (Fsp3) is 0.429. The number of benzene rings is 3. The van der Waals surface area contributed by atoms with Gasteiger partial charge in [0.25, 0.3) is 11.8 Å². The van der Waals surface area contributed by atoms with Gasteiger partial charge in [-0.25, -0.2) is 8.42 Å². The summed E-state index contributed by atoms with van der Waals surface area (Å²) in [4.78, 5) is 29.0. The smallest absolute Gasteiger partial charge is 0.258 e. The number of hydrogen-bond acceptors (Lipinski definition) is 7. The van der Waals surface area contributed by atoms with Crippen LogP contribution in [0.5, 0.6) is 5.75 Å². The Labute approximate surface area is 272 Å². The topological polar surface area (TPSA) is 125 Å². The van der Waals surface area contributed by atoms with Gasteiger partial charge < -0.3 is 24.8 Å². The lowest BCUT2D eigenvalue weighted by atomic mass is 10.0. The number of fused-ring (bicyclic) bond motifs is 1. The second kappa shape index (κ2) is 16.2. The molecule has 1 heterocycles. The highest BCUT2D eigenvalue weighted by Crippen LogP contribution is 2.29. The van der Waals surface area contributed by atoms with Crippen molar-refractivity contribution in [1.29, 1.82) is 0 Å². The molecule has 0 aliphatic carbocycles. The van der Waals surface area contributed by atoms with Gasteiger partial charge in [-0.15, -0.1) is 0 Å². The lowest BCUT2D eigenvalue weighted by Crippen LogP contribution is -2.48. The fourth-order valence-corrected chi connectivity index (χ4v) is 6.58. The molecule has 248 valence electrons. The second-order valence-corrected chi connectivity index (χ2v) is 14.0. The van der Waals surface area contributed by atoms with E-state index in [0.717, 1.165) is 12.8 Å². The average molecular weight is 652 g/mol. The van der Waals surface area contributed by atoms with Crippen LogP contribution in [0.1, 0.15) is 60.7 Å². The number of hydrogen-bond donors (Lipinski definition) is 2. The molecule has 3 aromatic rings. The minimum atomic E-state index is -3.77. The molecule has 0 radical (unpaired) electrons. The van der Waals surface area contributed by atoms with Gasteiger partial charge in [0.15, 0.2) is 0 Å². The third-order valence-electron chi connectivity index (χ3n) is 8.23. The first kappa shape index (κ1) is 35.1. The third kappa shape index (κ3) is 8.94. The van der Waals surface area contributed by atoms with E-state index in [1.54, 1.807) is 84.6 Å². The molecule has 0 aromatic heterocycles. The van der Waals surface area contributed by atoms with Crippen LogP contribution >= 0.6 is 0 Å². The van der Waals surface area contributed by atoms with Crippen LogP contribution in [0.15, 0.2) is 83.8 Å². The summed E-state index contributed by atoms with van der Waals surface area (Å²) in [5.41, 5.74) is 1.16. The second-order valence-electron chi connectivity index (χ2n) is 11.9. The third-order valence-corrected chi connectivity index (χ3v) is 10.1. The zero-order valence-electron chi connectivity index (χ0n) is 27.0. The van der Waals surface area contributed by atoms with Crippen LogP contribution in [-0.2, 0) is 14.8 Å². The average Bonchev–Trinajstić information content (AvgIpc) is 3.06. The van der Waals surface area contributed by atoms with E-state index in [0.29, 0.717) is 30.0 Å². The fourth-order valence-electron chi connectivity index (χ4n) is 5.38. The van der Waals surface area contributed by atoms with Crippen molar-refractivity contribution in [3.63, 3.8) is 0 Å².